The summed E-state index contributed by atoms with van der Waals surface area (Å²) in [7, 11) is -2.26. The van der Waals surface area contributed by atoms with Crippen molar-refractivity contribution in [1.29, 1.82) is 0 Å². The van der Waals surface area contributed by atoms with Gasteiger partial charge in [0.2, 0.25) is 15.9 Å². The van der Waals surface area contributed by atoms with Gasteiger partial charge >= 0.3 is 0 Å². The molecule has 0 radical (unpaired) electrons. The van der Waals surface area contributed by atoms with Crippen LogP contribution in [0, 0.1) is 11.8 Å². The van der Waals surface area contributed by atoms with Crippen LogP contribution in [-0.4, -0.2) is 27.9 Å². The number of amides is 1. The van der Waals surface area contributed by atoms with Gasteiger partial charge in [-0.05, 0) is 44.5 Å². The molecule has 1 aromatic carbocycles. The number of nitrogens with two attached hydrogens (primary N) is 1. The summed E-state index contributed by atoms with van der Waals surface area (Å²) in [4.78, 5) is 12.4. The highest BCUT2D eigenvalue weighted by Crippen LogP contribution is 2.32. The van der Waals surface area contributed by atoms with Crippen LogP contribution in [0.15, 0.2) is 29.2 Å². The number of nitrogens with one attached hydrogen (secondary N) is 2. The minimum absolute atomic E-state index is 0.0724. The van der Waals surface area contributed by atoms with Gasteiger partial charge in [0.1, 0.15) is 4.90 Å². The van der Waals surface area contributed by atoms with Gasteiger partial charge < -0.3 is 11.1 Å². The van der Waals surface area contributed by atoms with Crippen LogP contribution < -0.4 is 15.8 Å². The predicted octanol–water partition coefficient (Wildman–Crippen LogP) is 0.908. The van der Waals surface area contributed by atoms with E-state index in [1.807, 2.05) is 0 Å². The van der Waals surface area contributed by atoms with E-state index in [2.05, 4.69) is 10.0 Å². The van der Waals surface area contributed by atoms with Gasteiger partial charge in [-0.2, -0.15) is 0 Å². The largest absolute Gasteiger partial charge is 0.330 e. The van der Waals surface area contributed by atoms with Crippen LogP contribution >= 0.6 is 0 Å². The second kappa shape index (κ2) is 6.55. The number of para-hydroxylation sites is 1. The molecule has 0 aliphatic heterocycles. The molecule has 1 aromatic rings. The van der Waals surface area contributed by atoms with Gasteiger partial charge in [-0.15, -0.1) is 0 Å². The maximum absolute atomic E-state index is 12.4. The van der Waals surface area contributed by atoms with Crippen molar-refractivity contribution >= 4 is 21.6 Å². The second-order valence-corrected chi connectivity index (χ2v) is 7.08. The summed E-state index contributed by atoms with van der Waals surface area (Å²) in [6, 6.07) is 6.38. The van der Waals surface area contributed by atoms with Crippen molar-refractivity contribution in [2.45, 2.75) is 24.2 Å². The third kappa shape index (κ3) is 3.42. The smallest absolute Gasteiger partial charge is 0.242 e. The molecule has 2 atom stereocenters. The van der Waals surface area contributed by atoms with Crippen molar-refractivity contribution in [3.63, 3.8) is 0 Å². The number of carbonyl (C=O) groups is 1. The molecule has 1 amide bonds. The van der Waals surface area contributed by atoms with Crippen LogP contribution in [0.2, 0.25) is 0 Å². The molecular weight excluding hydrogens is 290 g/mol. The minimum atomic E-state index is -3.61. The van der Waals surface area contributed by atoms with Crippen LogP contribution in [-0.2, 0) is 14.8 Å². The summed E-state index contributed by atoms with van der Waals surface area (Å²) >= 11 is 0. The van der Waals surface area contributed by atoms with Crippen molar-refractivity contribution in [3.8, 4) is 0 Å². The Labute approximate surface area is 125 Å². The first-order valence-corrected chi connectivity index (χ1v) is 8.51. The number of hydrogen-bond donors (Lipinski definition) is 3. The van der Waals surface area contributed by atoms with Crippen LogP contribution in [0.5, 0.6) is 0 Å². The van der Waals surface area contributed by atoms with Crippen molar-refractivity contribution in [1.82, 2.24) is 4.72 Å². The van der Waals surface area contributed by atoms with Gasteiger partial charge in [-0.1, -0.05) is 18.6 Å². The zero-order chi connectivity index (χ0) is 15.5. The molecule has 0 aromatic heterocycles. The average Bonchev–Trinajstić information content (AvgIpc) is 2.96. The van der Waals surface area contributed by atoms with Gasteiger partial charge in [0.05, 0.1) is 5.69 Å². The molecule has 7 heteroatoms. The lowest BCUT2D eigenvalue weighted by atomic mass is 9.95. The molecule has 1 saturated carbocycles. The van der Waals surface area contributed by atoms with Crippen LogP contribution in [0.3, 0.4) is 0 Å². The maximum atomic E-state index is 12.4. The Morgan fingerprint density at radius 1 is 1.33 bits per heavy atom. The topological polar surface area (TPSA) is 101 Å². The Balaban J connectivity index is 2.22. The summed E-state index contributed by atoms with van der Waals surface area (Å²) in [6.45, 7) is 0.481. The lowest BCUT2D eigenvalue weighted by molar-refractivity contribution is -0.120. The first-order chi connectivity index (χ1) is 9.99. The van der Waals surface area contributed by atoms with Gasteiger partial charge in [-0.3, -0.25) is 4.79 Å². The maximum Gasteiger partial charge on any atom is 0.242 e. The van der Waals surface area contributed by atoms with Crippen molar-refractivity contribution in [2.24, 2.45) is 17.6 Å². The standard InChI is InChI=1S/C14H21N3O3S/c1-16-21(19,20)13-8-3-2-7-12(13)17-14(18)11-6-4-5-10(11)9-15/h2-3,7-8,10-11,16H,4-6,9,15H2,1H3,(H,17,18). The second-order valence-electron chi connectivity index (χ2n) is 5.23. The van der Waals surface area contributed by atoms with Crippen molar-refractivity contribution in [3.05, 3.63) is 24.3 Å². The van der Waals surface area contributed by atoms with E-state index in [-0.39, 0.29) is 22.6 Å². The fourth-order valence-electron chi connectivity index (χ4n) is 2.80. The molecule has 6 nitrogen and oxygen atoms in total. The molecule has 0 saturated heterocycles. The SMILES string of the molecule is CNS(=O)(=O)c1ccccc1NC(=O)C1CCCC1CN. The van der Waals surface area contributed by atoms with Crippen LogP contribution in [0.4, 0.5) is 5.69 Å². The Bertz CT molecular complexity index is 616. The molecule has 0 heterocycles. The van der Waals surface area contributed by atoms with E-state index in [0.717, 1.165) is 19.3 Å². The molecule has 4 N–H and O–H groups in total. The normalized spacial score (nSPS) is 22.2. The quantitative estimate of drug-likeness (QED) is 0.752. The summed E-state index contributed by atoms with van der Waals surface area (Å²) in [5, 5.41) is 2.74. The van der Waals surface area contributed by atoms with E-state index in [9.17, 15) is 13.2 Å². The molecule has 0 spiro atoms. The van der Waals surface area contributed by atoms with Crippen molar-refractivity contribution in [2.75, 3.05) is 18.9 Å². The third-order valence-electron chi connectivity index (χ3n) is 4.00. The molecule has 2 unspecified atom stereocenters. The van der Waals surface area contributed by atoms with Gasteiger partial charge in [0, 0.05) is 5.92 Å². The number of anilines is 1. The van der Waals surface area contributed by atoms with Gasteiger partial charge in [-0.25, -0.2) is 13.1 Å². The molecule has 116 valence electrons. The molecular formula is C14H21N3O3S. The van der Waals surface area contributed by atoms with E-state index in [4.69, 9.17) is 5.73 Å². The number of hydrogen-bond acceptors (Lipinski definition) is 4. The van der Waals surface area contributed by atoms with Crippen LogP contribution in [0.1, 0.15) is 19.3 Å². The van der Waals surface area contributed by atoms with E-state index in [1.165, 1.54) is 13.1 Å². The zero-order valence-corrected chi connectivity index (χ0v) is 12.8. The molecule has 1 aliphatic carbocycles. The average molecular weight is 311 g/mol. The van der Waals surface area contributed by atoms with Gasteiger partial charge in [0.25, 0.3) is 0 Å². The summed E-state index contributed by atoms with van der Waals surface area (Å²) in [5.74, 6) is -0.111. The summed E-state index contributed by atoms with van der Waals surface area (Å²) in [6.07, 6.45) is 2.73. The molecule has 1 fully saturated rings. The van der Waals surface area contributed by atoms with Gasteiger partial charge in [0.15, 0.2) is 0 Å². The van der Waals surface area contributed by atoms with E-state index in [0.29, 0.717) is 12.2 Å². The van der Waals surface area contributed by atoms with E-state index in [1.54, 1.807) is 18.2 Å². The minimum Gasteiger partial charge on any atom is -0.330 e. The first-order valence-electron chi connectivity index (χ1n) is 7.03. The van der Waals surface area contributed by atoms with Crippen LogP contribution in [0.25, 0.3) is 0 Å². The molecule has 2 rings (SSSR count). The highest BCUT2D eigenvalue weighted by molar-refractivity contribution is 7.89. The van der Waals surface area contributed by atoms with E-state index < -0.39 is 10.0 Å². The monoisotopic (exact) mass is 311 g/mol. The van der Waals surface area contributed by atoms with Crippen molar-refractivity contribution < 1.29 is 13.2 Å². The summed E-state index contributed by atoms with van der Waals surface area (Å²) in [5.41, 5.74) is 6.00. The lowest BCUT2D eigenvalue weighted by Crippen LogP contribution is -2.30. The van der Waals surface area contributed by atoms with E-state index >= 15 is 0 Å². The highest BCUT2D eigenvalue weighted by atomic mass is 32.2. The third-order valence-corrected chi connectivity index (χ3v) is 5.47. The number of sulfonamides is 1. The lowest BCUT2D eigenvalue weighted by Gasteiger charge is -2.18. The first kappa shape index (κ1) is 15.9. The number of rotatable bonds is 5. The Kier molecular flexibility index (Phi) is 4.97. The predicted molar refractivity (Wildman–Crippen MR) is 81.2 cm³/mol. The molecule has 21 heavy (non-hydrogen) atoms. The Morgan fingerprint density at radius 3 is 2.71 bits per heavy atom. The zero-order valence-electron chi connectivity index (χ0n) is 12.0. The Hall–Kier alpha value is -1.44. The Morgan fingerprint density at radius 2 is 2.05 bits per heavy atom. The molecule has 1 aliphatic rings. The fourth-order valence-corrected chi connectivity index (χ4v) is 3.69. The number of benzene rings is 1. The highest BCUT2D eigenvalue weighted by Gasteiger charge is 2.32. The molecule has 0 bridgehead atoms. The fraction of sp³-hybridized carbons (Fsp3) is 0.500. The number of carbonyl (C=O) groups excluding carboxylic acids is 1. The summed E-state index contributed by atoms with van der Waals surface area (Å²) < 4.78 is 26.2.